The second kappa shape index (κ2) is 7.58. The summed E-state index contributed by atoms with van der Waals surface area (Å²) in [7, 11) is -3.72. The Bertz CT molecular complexity index is 532. The predicted molar refractivity (Wildman–Crippen MR) is 84.3 cm³/mol. The first-order chi connectivity index (χ1) is 9.64. The van der Waals surface area contributed by atoms with Gasteiger partial charge in [0.2, 0.25) is 0 Å². The fourth-order valence-electron chi connectivity index (χ4n) is 1.73. The third-order valence-corrected chi connectivity index (χ3v) is 4.35. The van der Waals surface area contributed by atoms with Gasteiger partial charge in [0, 0.05) is 5.88 Å². The summed E-state index contributed by atoms with van der Waals surface area (Å²) in [5.74, 6) is 0.297. The fourth-order valence-corrected chi connectivity index (χ4v) is 2.87. The summed E-state index contributed by atoms with van der Waals surface area (Å²) in [6, 6.07) is 6.55. The SMILES string of the molecule is Cc1ccc(S(=O)(=O)OCCC(CCl)OC(C)(C)C)cc1. The van der Waals surface area contributed by atoms with Gasteiger partial charge in [-0.1, -0.05) is 17.7 Å². The lowest BCUT2D eigenvalue weighted by Crippen LogP contribution is -2.29. The average Bonchev–Trinajstić information content (AvgIpc) is 2.36. The van der Waals surface area contributed by atoms with Crippen molar-refractivity contribution in [3.05, 3.63) is 29.8 Å². The van der Waals surface area contributed by atoms with Gasteiger partial charge < -0.3 is 4.74 Å². The molecule has 1 rings (SSSR count). The Morgan fingerprint density at radius 1 is 1.19 bits per heavy atom. The zero-order valence-corrected chi connectivity index (χ0v) is 14.5. The highest BCUT2D eigenvalue weighted by Gasteiger charge is 2.20. The smallest absolute Gasteiger partial charge is 0.296 e. The zero-order valence-electron chi connectivity index (χ0n) is 12.9. The molecule has 0 aliphatic rings. The van der Waals surface area contributed by atoms with Crippen molar-refractivity contribution in [1.29, 1.82) is 0 Å². The van der Waals surface area contributed by atoms with Crippen molar-refractivity contribution in [2.24, 2.45) is 0 Å². The van der Waals surface area contributed by atoms with E-state index in [4.69, 9.17) is 20.5 Å². The van der Waals surface area contributed by atoms with Crippen LogP contribution in [0.25, 0.3) is 0 Å². The third kappa shape index (κ3) is 6.78. The monoisotopic (exact) mass is 334 g/mol. The van der Waals surface area contributed by atoms with Crippen LogP contribution in [-0.4, -0.2) is 32.6 Å². The number of aryl methyl sites for hydroxylation is 1. The Labute approximate surface area is 132 Å². The van der Waals surface area contributed by atoms with Crippen molar-refractivity contribution in [2.45, 2.75) is 50.7 Å². The molecule has 0 amide bonds. The van der Waals surface area contributed by atoms with Crippen molar-refractivity contribution in [2.75, 3.05) is 12.5 Å². The van der Waals surface area contributed by atoms with E-state index in [1.807, 2.05) is 27.7 Å². The number of hydrogen-bond donors (Lipinski definition) is 0. The molecule has 120 valence electrons. The van der Waals surface area contributed by atoms with Crippen LogP contribution in [-0.2, 0) is 19.0 Å². The normalized spacial score (nSPS) is 14.1. The molecule has 1 unspecified atom stereocenters. The maximum absolute atomic E-state index is 12.0. The minimum Gasteiger partial charge on any atom is -0.371 e. The van der Waals surface area contributed by atoms with Crippen molar-refractivity contribution in [3.63, 3.8) is 0 Å². The van der Waals surface area contributed by atoms with Gasteiger partial charge in [-0.05, 0) is 46.2 Å². The van der Waals surface area contributed by atoms with Crippen molar-refractivity contribution < 1.29 is 17.3 Å². The molecule has 1 atom stereocenters. The molecule has 0 aliphatic heterocycles. The molecular weight excluding hydrogens is 312 g/mol. The highest BCUT2D eigenvalue weighted by molar-refractivity contribution is 7.86. The van der Waals surface area contributed by atoms with E-state index in [9.17, 15) is 8.42 Å². The quantitative estimate of drug-likeness (QED) is 0.565. The number of hydrogen-bond acceptors (Lipinski definition) is 4. The van der Waals surface area contributed by atoms with E-state index in [2.05, 4.69) is 0 Å². The number of halogens is 1. The Kier molecular flexibility index (Phi) is 6.66. The van der Waals surface area contributed by atoms with Crippen molar-refractivity contribution in [3.8, 4) is 0 Å². The first kappa shape index (κ1) is 18.4. The second-order valence-corrected chi connectivity index (χ2v) is 7.81. The Morgan fingerprint density at radius 3 is 2.24 bits per heavy atom. The summed E-state index contributed by atoms with van der Waals surface area (Å²) >= 11 is 5.83. The van der Waals surface area contributed by atoms with Crippen LogP contribution in [0.4, 0.5) is 0 Å². The molecule has 0 spiro atoms. The molecule has 4 nitrogen and oxygen atoms in total. The van der Waals surface area contributed by atoms with Gasteiger partial charge in [0.15, 0.2) is 0 Å². The van der Waals surface area contributed by atoms with Crippen LogP contribution in [0.3, 0.4) is 0 Å². The number of benzene rings is 1. The summed E-state index contributed by atoms with van der Waals surface area (Å²) in [5, 5.41) is 0. The van der Waals surface area contributed by atoms with Gasteiger partial charge in [0.05, 0.1) is 23.2 Å². The molecule has 0 N–H and O–H groups in total. The number of alkyl halides is 1. The van der Waals surface area contributed by atoms with E-state index in [-0.39, 0.29) is 23.2 Å². The van der Waals surface area contributed by atoms with E-state index in [0.29, 0.717) is 12.3 Å². The lowest BCUT2D eigenvalue weighted by Gasteiger charge is -2.26. The molecule has 0 fully saturated rings. The molecule has 0 bridgehead atoms. The van der Waals surface area contributed by atoms with E-state index in [1.54, 1.807) is 12.1 Å². The third-order valence-electron chi connectivity index (χ3n) is 2.68. The van der Waals surface area contributed by atoms with E-state index in [0.717, 1.165) is 5.56 Å². The Balaban J connectivity index is 2.55. The summed E-state index contributed by atoms with van der Waals surface area (Å²) in [5.41, 5.74) is 0.671. The first-order valence-electron chi connectivity index (χ1n) is 6.84. The molecular formula is C15H23ClO4S. The Hall–Kier alpha value is -0.620. The molecule has 6 heteroatoms. The van der Waals surface area contributed by atoms with Gasteiger partial charge in [0.25, 0.3) is 10.1 Å². The molecule has 21 heavy (non-hydrogen) atoms. The van der Waals surface area contributed by atoms with Crippen LogP contribution in [0.1, 0.15) is 32.8 Å². The summed E-state index contributed by atoms with van der Waals surface area (Å²) in [6.07, 6.45) is 0.186. The van der Waals surface area contributed by atoms with Gasteiger partial charge >= 0.3 is 0 Å². The average molecular weight is 335 g/mol. The van der Waals surface area contributed by atoms with Crippen molar-refractivity contribution in [1.82, 2.24) is 0 Å². The lowest BCUT2D eigenvalue weighted by molar-refractivity contribution is -0.0559. The minimum absolute atomic E-state index is 0.0453. The molecule has 0 saturated carbocycles. The zero-order chi connectivity index (χ0) is 16.1. The van der Waals surface area contributed by atoms with E-state index < -0.39 is 10.1 Å². The van der Waals surface area contributed by atoms with Crippen LogP contribution in [0.15, 0.2) is 29.2 Å². The summed E-state index contributed by atoms with van der Waals surface area (Å²) < 4.78 is 34.8. The highest BCUT2D eigenvalue weighted by atomic mass is 35.5. The number of ether oxygens (including phenoxy) is 1. The fraction of sp³-hybridized carbons (Fsp3) is 0.600. The van der Waals surface area contributed by atoms with Crippen LogP contribution >= 0.6 is 11.6 Å². The second-order valence-electron chi connectivity index (χ2n) is 5.88. The molecule has 1 aromatic rings. The van der Waals surface area contributed by atoms with Crippen LogP contribution in [0.5, 0.6) is 0 Å². The van der Waals surface area contributed by atoms with Gasteiger partial charge in [-0.3, -0.25) is 4.18 Å². The largest absolute Gasteiger partial charge is 0.371 e. The maximum Gasteiger partial charge on any atom is 0.296 e. The highest BCUT2D eigenvalue weighted by Crippen LogP contribution is 2.17. The van der Waals surface area contributed by atoms with Crippen LogP contribution in [0, 0.1) is 6.92 Å². The predicted octanol–water partition coefficient (Wildman–Crippen LogP) is 3.51. The number of rotatable bonds is 7. The molecule has 0 aliphatic carbocycles. The lowest BCUT2D eigenvalue weighted by atomic mass is 10.1. The van der Waals surface area contributed by atoms with Gasteiger partial charge in [0.1, 0.15) is 0 Å². The summed E-state index contributed by atoms with van der Waals surface area (Å²) in [4.78, 5) is 0.160. The van der Waals surface area contributed by atoms with Crippen molar-refractivity contribution >= 4 is 21.7 Å². The molecule has 0 aromatic heterocycles. The van der Waals surface area contributed by atoms with Crippen LogP contribution < -0.4 is 0 Å². The van der Waals surface area contributed by atoms with Crippen LogP contribution in [0.2, 0.25) is 0 Å². The standard InChI is InChI=1S/C15H23ClO4S/c1-12-5-7-14(8-6-12)21(17,18)19-10-9-13(11-16)20-15(2,3)4/h5-8,13H,9-11H2,1-4H3. The Morgan fingerprint density at radius 2 is 1.76 bits per heavy atom. The minimum atomic E-state index is -3.72. The van der Waals surface area contributed by atoms with Gasteiger partial charge in [-0.25, -0.2) is 0 Å². The molecule has 0 saturated heterocycles. The van der Waals surface area contributed by atoms with E-state index in [1.165, 1.54) is 12.1 Å². The molecule has 0 heterocycles. The first-order valence-corrected chi connectivity index (χ1v) is 8.78. The molecule has 0 radical (unpaired) electrons. The molecule has 1 aromatic carbocycles. The topological polar surface area (TPSA) is 52.6 Å². The van der Waals surface area contributed by atoms with Gasteiger partial charge in [-0.2, -0.15) is 8.42 Å². The van der Waals surface area contributed by atoms with Gasteiger partial charge in [-0.15, -0.1) is 11.6 Å². The summed E-state index contributed by atoms with van der Waals surface area (Å²) in [6.45, 7) is 7.72. The van der Waals surface area contributed by atoms with E-state index >= 15 is 0 Å². The maximum atomic E-state index is 12.0.